The largest absolute Gasteiger partial charge is 0.472 e. The third kappa shape index (κ3) is 30.8. The van der Waals surface area contributed by atoms with Gasteiger partial charge in [0.1, 0.15) is 18.1 Å². The van der Waals surface area contributed by atoms with Gasteiger partial charge in [0.2, 0.25) is 0 Å². The summed E-state index contributed by atoms with van der Waals surface area (Å²) >= 11 is 0. The third-order valence-corrected chi connectivity index (χ3v) is 10.9. The number of furan rings is 1. The summed E-state index contributed by atoms with van der Waals surface area (Å²) < 4.78 is 39.0. The maximum Gasteiger partial charge on any atom is 0.472 e. The van der Waals surface area contributed by atoms with Crippen molar-refractivity contribution < 1.29 is 47.1 Å². The smallest absolute Gasteiger partial charge is 0.466 e. The van der Waals surface area contributed by atoms with Gasteiger partial charge in [-0.2, -0.15) is 0 Å². The maximum atomic E-state index is 12.7. The average molecular weight is 850 g/mol. The second-order valence-electron chi connectivity index (χ2n) is 15.4. The Balaban J connectivity index is 2.29. The minimum atomic E-state index is -4.41. The van der Waals surface area contributed by atoms with Gasteiger partial charge in [-0.05, 0) is 103 Å². The summed E-state index contributed by atoms with van der Waals surface area (Å²) in [6.07, 6.45) is 36.7. The summed E-state index contributed by atoms with van der Waals surface area (Å²) in [7, 11) is -4.41. The summed E-state index contributed by atoms with van der Waals surface area (Å²) in [6.45, 7) is 7.49. The summed E-state index contributed by atoms with van der Waals surface area (Å²) in [6, 6.07) is 0. The fraction of sp³-hybridized carbons (Fsp3) is 0.702. The van der Waals surface area contributed by atoms with Crippen LogP contribution in [0.1, 0.15) is 171 Å². The van der Waals surface area contributed by atoms with Gasteiger partial charge >= 0.3 is 19.8 Å². The monoisotopic (exact) mass is 850 g/mol. The van der Waals surface area contributed by atoms with Gasteiger partial charge in [0.05, 0.1) is 19.3 Å². The zero-order chi connectivity index (χ0) is 43.4. The van der Waals surface area contributed by atoms with Crippen molar-refractivity contribution in [1.82, 2.24) is 0 Å². The number of ether oxygens (including phenoxy) is 2. The van der Waals surface area contributed by atoms with Crippen LogP contribution in [0.25, 0.3) is 0 Å². The van der Waals surface area contributed by atoms with Crippen LogP contribution in [-0.2, 0) is 45.5 Å². The number of hydrogen-bond acceptors (Lipinski definition) is 10. The van der Waals surface area contributed by atoms with Crippen LogP contribution in [0.2, 0.25) is 0 Å². The van der Waals surface area contributed by atoms with Crippen molar-refractivity contribution in [2.75, 3.05) is 26.4 Å². The van der Waals surface area contributed by atoms with Crippen LogP contribution in [-0.4, -0.2) is 60.5 Å². The molecule has 0 bridgehead atoms. The quantitative estimate of drug-likeness (QED) is 0.0251. The molecule has 11 nitrogen and oxygen atoms in total. The lowest BCUT2D eigenvalue weighted by atomic mass is 10.0. The third-order valence-electron chi connectivity index (χ3n) is 9.94. The molecule has 59 heavy (non-hydrogen) atoms. The molecular formula is C47H80NO10P. The molecule has 0 radical (unpaired) electrons. The Morgan fingerprint density at radius 2 is 1.20 bits per heavy atom. The molecule has 4 N–H and O–H groups in total. The fourth-order valence-electron chi connectivity index (χ4n) is 6.29. The highest BCUT2D eigenvalue weighted by molar-refractivity contribution is 7.47. The summed E-state index contributed by atoms with van der Waals surface area (Å²) in [5, 5.41) is 9.27. The highest BCUT2D eigenvalue weighted by Gasteiger charge is 2.26. The molecule has 1 aromatic heterocycles. The number of aryl methyl sites for hydroxylation is 2. The number of carbonyl (C=O) groups is 2. The summed E-state index contributed by atoms with van der Waals surface area (Å²) in [5.74, 6) is 1.38. The summed E-state index contributed by atoms with van der Waals surface area (Å²) in [5.41, 5.74) is 7.99. The number of phosphoric ester groups is 1. The highest BCUT2D eigenvalue weighted by Crippen LogP contribution is 2.43. The molecule has 0 aliphatic carbocycles. The topological polar surface area (TPSA) is 168 Å². The molecule has 0 aromatic carbocycles. The number of hydrogen-bond donors (Lipinski definition) is 3. The van der Waals surface area contributed by atoms with Crippen LogP contribution in [0, 0.1) is 13.8 Å². The first-order chi connectivity index (χ1) is 28.5. The molecule has 1 rings (SSSR count). The molecule has 0 aliphatic rings. The van der Waals surface area contributed by atoms with Crippen LogP contribution in [0.5, 0.6) is 0 Å². The van der Waals surface area contributed by atoms with Gasteiger partial charge in [-0.3, -0.25) is 18.6 Å². The Hall–Kier alpha value is -2.79. The van der Waals surface area contributed by atoms with Gasteiger partial charge in [0.25, 0.3) is 0 Å². The SMILES string of the molecule is CCCCCc1oc(CCCCCCCCCCC(=O)O[C@H](COC(=O)CCC/C=C\C/C=C\C/C=C\C/C=C\CCC[C@@H](C)O)COP(=O)(O)OCCN)c(C)c1C. The lowest BCUT2D eigenvalue weighted by Crippen LogP contribution is -2.29. The molecule has 0 amide bonds. The molecule has 1 aromatic rings. The number of rotatable bonds is 38. The van der Waals surface area contributed by atoms with Gasteiger partial charge in [0, 0.05) is 32.2 Å². The molecule has 0 spiro atoms. The standard InChI is InChI=1S/C47H80NO10P/c1-5-6-26-32-44-41(3)42(4)45(58-44)33-28-23-19-16-17-21-25-30-35-47(51)57-43(39-56-59(52,53)55-37-36-48)38-54-46(50)34-29-24-20-15-13-11-9-7-8-10-12-14-18-22-27-31-40(2)49/h8-11,14-15,18,20,40,43,49H,5-7,12-13,16-17,19,21-39,48H2,1-4H3,(H,52,53)/b10-8-,11-9-,18-14-,20-15-/t40-,43-/m1/s1. The van der Waals surface area contributed by atoms with E-state index in [0.717, 1.165) is 95.0 Å². The minimum absolute atomic E-state index is 0.0328. The van der Waals surface area contributed by atoms with E-state index in [1.807, 2.05) is 13.0 Å². The van der Waals surface area contributed by atoms with Crippen molar-refractivity contribution in [2.45, 2.75) is 188 Å². The molecule has 3 atom stereocenters. The van der Waals surface area contributed by atoms with E-state index in [4.69, 9.17) is 28.7 Å². The molecule has 12 heteroatoms. The van der Waals surface area contributed by atoms with E-state index in [1.54, 1.807) is 0 Å². The Kier molecular flexibility index (Phi) is 33.0. The van der Waals surface area contributed by atoms with Crippen molar-refractivity contribution in [2.24, 2.45) is 5.73 Å². The van der Waals surface area contributed by atoms with E-state index < -0.39 is 32.5 Å². The first kappa shape index (κ1) is 54.2. The first-order valence-electron chi connectivity index (χ1n) is 22.5. The van der Waals surface area contributed by atoms with Gasteiger partial charge in [0.15, 0.2) is 6.10 Å². The Morgan fingerprint density at radius 3 is 1.76 bits per heavy atom. The normalized spacial score (nSPS) is 14.2. The molecule has 0 saturated carbocycles. The number of carbonyl (C=O) groups excluding carboxylic acids is 2. The highest BCUT2D eigenvalue weighted by atomic mass is 31.2. The number of esters is 2. The van der Waals surface area contributed by atoms with Gasteiger partial charge < -0.3 is 29.6 Å². The molecule has 0 aliphatic heterocycles. The lowest BCUT2D eigenvalue weighted by molar-refractivity contribution is -0.161. The number of aliphatic hydroxyl groups is 1. The van der Waals surface area contributed by atoms with Crippen LogP contribution < -0.4 is 5.73 Å². The van der Waals surface area contributed by atoms with Gasteiger partial charge in [-0.25, -0.2) is 4.57 Å². The van der Waals surface area contributed by atoms with E-state index in [1.165, 1.54) is 43.2 Å². The second-order valence-corrected chi connectivity index (χ2v) is 16.9. The van der Waals surface area contributed by atoms with E-state index >= 15 is 0 Å². The molecule has 1 heterocycles. The Morgan fingerprint density at radius 1 is 0.695 bits per heavy atom. The van der Waals surface area contributed by atoms with E-state index in [0.29, 0.717) is 19.3 Å². The minimum Gasteiger partial charge on any atom is -0.466 e. The van der Waals surface area contributed by atoms with E-state index in [-0.39, 0.29) is 38.7 Å². The summed E-state index contributed by atoms with van der Waals surface area (Å²) in [4.78, 5) is 35.0. The van der Waals surface area contributed by atoms with Crippen LogP contribution >= 0.6 is 7.82 Å². The number of nitrogens with two attached hydrogens (primary N) is 1. The number of unbranched alkanes of at least 4 members (excludes halogenated alkanes) is 11. The van der Waals surface area contributed by atoms with Crippen molar-refractivity contribution in [1.29, 1.82) is 0 Å². The lowest BCUT2D eigenvalue weighted by Gasteiger charge is -2.19. The molecule has 338 valence electrons. The van der Waals surface area contributed by atoms with E-state index in [2.05, 4.69) is 63.3 Å². The van der Waals surface area contributed by atoms with Crippen LogP contribution in [0.3, 0.4) is 0 Å². The van der Waals surface area contributed by atoms with Gasteiger partial charge in [-0.1, -0.05) is 107 Å². The zero-order valence-corrected chi connectivity index (χ0v) is 37.9. The first-order valence-corrected chi connectivity index (χ1v) is 24.0. The number of phosphoric acid groups is 1. The van der Waals surface area contributed by atoms with Crippen molar-refractivity contribution >= 4 is 19.8 Å². The van der Waals surface area contributed by atoms with Crippen molar-refractivity contribution in [3.63, 3.8) is 0 Å². The molecule has 1 unspecified atom stereocenters. The van der Waals surface area contributed by atoms with Crippen LogP contribution in [0.15, 0.2) is 53.0 Å². The molecular weight excluding hydrogens is 769 g/mol. The second kappa shape index (κ2) is 35.9. The van der Waals surface area contributed by atoms with Crippen LogP contribution in [0.4, 0.5) is 0 Å². The maximum absolute atomic E-state index is 12.7. The van der Waals surface area contributed by atoms with Crippen molar-refractivity contribution in [3.8, 4) is 0 Å². The zero-order valence-electron chi connectivity index (χ0n) is 37.1. The van der Waals surface area contributed by atoms with Crippen molar-refractivity contribution in [3.05, 3.63) is 71.3 Å². The Bertz CT molecular complexity index is 1400. The van der Waals surface area contributed by atoms with Gasteiger partial charge in [-0.15, -0.1) is 0 Å². The molecule has 0 saturated heterocycles. The molecule has 0 fully saturated rings. The predicted octanol–water partition coefficient (Wildman–Crippen LogP) is 11.3. The fourth-order valence-corrected chi connectivity index (χ4v) is 7.06. The average Bonchev–Trinajstić information content (AvgIpc) is 3.47. The number of allylic oxidation sites excluding steroid dienone is 8. The van der Waals surface area contributed by atoms with E-state index in [9.17, 15) is 24.2 Å². The number of aliphatic hydroxyl groups excluding tert-OH is 1. The Labute approximate surface area is 356 Å². The predicted molar refractivity (Wildman–Crippen MR) is 238 cm³/mol.